The Morgan fingerprint density at radius 1 is 1.30 bits per heavy atom. The summed E-state index contributed by atoms with van der Waals surface area (Å²) in [6, 6.07) is 10.0. The summed E-state index contributed by atoms with van der Waals surface area (Å²) in [5.41, 5.74) is 2.27. The van der Waals surface area contributed by atoms with E-state index in [1.165, 1.54) is 0 Å². The molecule has 1 aliphatic rings. The lowest BCUT2D eigenvalue weighted by Crippen LogP contribution is -2.34. The largest absolute Gasteiger partial charge is 0.497 e. The zero-order valence-electron chi connectivity index (χ0n) is 13.1. The van der Waals surface area contributed by atoms with Crippen molar-refractivity contribution in [3.8, 4) is 16.9 Å². The van der Waals surface area contributed by atoms with Crippen molar-refractivity contribution < 1.29 is 14.6 Å². The van der Waals surface area contributed by atoms with Crippen LogP contribution in [0.4, 0.5) is 0 Å². The zero-order valence-corrected chi connectivity index (χ0v) is 13.9. The summed E-state index contributed by atoms with van der Waals surface area (Å²) in [7, 11) is 1.65. The first-order valence-electron chi connectivity index (χ1n) is 7.85. The summed E-state index contributed by atoms with van der Waals surface area (Å²) in [6.07, 6.45) is 1.97. The maximum Gasteiger partial charge on any atom is 0.226 e. The Morgan fingerprint density at radius 2 is 2.09 bits per heavy atom. The van der Waals surface area contributed by atoms with E-state index in [1.54, 1.807) is 18.4 Å². The number of amides is 1. The Morgan fingerprint density at radius 3 is 2.74 bits per heavy atom. The van der Waals surface area contributed by atoms with Gasteiger partial charge in [0, 0.05) is 4.88 Å². The number of thiophene rings is 1. The molecule has 0 aliphatic heterocycles. The van der Waals surface area contributed by atoms with Crippen LogP contribution in [0.3, 0.4) is 0 Å². The Labute approximate surface area is 140 Å². The first kappa shape index (κ1) is 16.0. The van der Waals surface area contributed by atoms with Crippen LogP contribution in [0.25, 0.3) is 11.1 Å². The number of aliphatic hydroxyl groups excluding tert-OH is 1. The van der Waals surface area contributed by atoms with Gasteiger partial charge in [-0.1, -0.05) is 12.1 Å². The topological polar surface area (TPSA) is 58.6 Å². The third kappa shape index (κ3) is 3.74. The molecule has 1 heterocycles. The lowest BCUT2D eigenvalue weighted by Gasteiger charge is -2.13. The molecule has 0 saturated heterocycles. The van der Waals surface area contributed by atoms with Gasteiger partial charge in [0.05, 0.1) is 25.7 Å². The van der Waals surface area contributed by atoms with Crippen molar-refractivity contribution in [2.75, 3.05) is 7.11 Å². The van der Waals surface area contributed by atoms with E-state index in [9.17, 15) is 9.90 Å². The van der Waals surface area contributed by atoms with Crippen molar-refractivity contribution in [1.82, 2.24) is 5.32 Å². The van der Waals surface area contributed by atoms with Gasteiger partial charge in [0.25, 0.3) is 0 Å². The summed E-state index contributed by atoms with van der Waals surface area (Å²) < 4.78 is 5.17. The van der Waals surface area contributed by atoms with E-state index in [2.05, 4.69) is 16.8 Å². The second kappa shape index (κ2) is 7.15. The molecule has 2 unspecified atom stereocenters. The van der Waals surface area contributed by atoms with Crippen molar-refractivity contribution >= 4 is 17.2 Å². The number of aliphatic hydroxyl groups is 1. The smallest absolute Gasteiger partial charge is 0.226 e. The van der Waals surface area contributed by atoms with Crippen molar-refractivity contribution in [3.63, 3.8) is 0 Å². The third-order valence-electron chi connectivity index (χ3n) is 4.33. The summed E-state index contributed by atoms with van der Waals surface area (Å²) in [5, 5.41) is 14.8. The Balaban J connectivity index is 1.59. The van der Waals surface area contributed by atoms with E-state index in [0.717, 1.165) is 41.0 Å². The fourth-order valence-corrected chi connectivity index (χ4v) is 3.79. The Hall–Kier alpha value is -1.85. The highest BCUT2D eigenvalue weighted by atomic mass is 32.1. The first-order chi connectivity index (χ1) is 11.2. The van der Waals surface area contributed by atoms with E-state index in [-0.39, 0.29) is 11.8 Å². The Bertz CT molecular complexity index is 665. The summed E-state index contributed by atoms with van der Waals surface area (Å²) in [6.45, 7) is 0.517. The van der Waals surface area contributed by atoms with Gasteiger partial charge in [-0.05, 0) is 54.0 Å². The zero-order chi connectivity index (χ0) is 16.2. The average molecular weight is 331 g/mol. The molecule has 0 spiro atoms. The average Bonchev–Trinajstić information content (AvgIpc) is 3.22. The van der Waals surface area contributed by atoms with E-state index in [0.29, 0.717) is 6.54 Å². The molecule has 1 fully saturated rings. The molecule has 2 N–H and O–H groups in total. The molecule has 2 aromatic rings. The minimum atomic E-state index is -0.479. The van der Waals surface area contributed by atoms with E-state index >= 15 is 0 Å². The molecular weight excluding hydrogens is 310 g/mol. The predicted octanol–water partition coefficient (Wildman–Crippen LogP) is 3.20. The van der Waals surface area contributed by atoms with Crippen LogP contribution in [0.5, 0.6) is 5.75 Å². The molecule has 5 heteroatoms. The second-order valence-electron chi connectivity index (χ2n) is 5.85. The highest BCUT2D eigenvalue weighted by Gasteiger charge is 2.31. The van der Waals surface area contributed by atoms with Crippen molar-refractivity contribution in [2.24, 2.45) is 5.92 Å². The van der Waals surface area contributed by atoms with Gasteiger partial charge >= 0.3 is 0 Å². The number of methoxy groups -OCH3 is 1. The van der Waals surface area contributed by atoms with Gasteiger partial charge in [-0.2, -0.15) is 0 Å². The fraction of sp³-hybridized carbons (Fsp3) is 0.389. The number of ether oxygens (including phenoxy) is 1. The number of benzene rings is 1. The van der Waals surface area contributed by atoms with Gasteiger partial charge in [-0.25, -0.2) is 0 Å². The van der Waals surface area contributed by atoms with Crippen LogP contribution < -0.4 is 10.1 Å². The fourth-order valence-electron chi connectivity index (χ4n) is 2.96. The molecule has 1 saturated carbocycles. The minimum absolute atomic E-state index is 0.0330. The van der Waals surface area contributed by atoms with Gasteiger partial charge in [-0.3, -0.25) is 4.79 Å². The predicted molar refractivity (Wildman–Crippen MR) is 91.5 cm³/mol. The van der Waals surface area contributed by atoms with Crippen molar-refractivity contribution in [2.45, 2.75) is 31.9 Å². The molecule has 1 aliphatic carbocycles. The number of carbonyl (C=O) groups is 1. The number of carbonyl (C=O) groups excluding carboxylic acids is 1. The van der Waals surface area contributed by atoms with Crippen LogP contribution >= 0.6 is 11.3 Å². The van der Waals surface area contributed by atoms with Crippen molar-refractivity contribution in [1.29, 1.82) is 0 Å². The standard InChI is InChI=1S/C18H21NO3S/c1-22-14-7-5-12(6-8-14)13-9-15(23-11-13)10-19-18(21)16-3-2-4-17(16)20/h5-9,11,16-17,20H,2-4,10H2,1H3,(H,19,21). The molecule has 4 nitrogen and oxygen atoms in total. The van der Waals surface area contributed by atoms with E-state index in [1.807, 2.05) is 24.3 Å². The molecule has 1 amide bonds. The normalized spacial score (nSPS) is 20.4. The molecule has 23 heavy (non-hydrogen) atoms. The Kier molecular flexibility index (Phi) is 4.98. The summed E-state index contributed by atoms with van der Waals surface area (Å²) >= 11 is 1.63. The molecule has 0 bridgehead atoms. The number of rotatable bonds is 5. The van der Waals surface area contributed by atoms with Crippen LogP contribution in [0.15, 0.2) is 35.7 Å². The van der Waals surface area contributed by atoms with E-state index in [4.69, 9.17) is 4.74 Å². The number of hydrogen-bond donors (Lipinski definition) is 2. The van der Waals surface area contributed by atoms with Gasteiger partial charge < -0.3 is 15.2 Å². The van der Waals surface area contributed by atoms with Gasteiger partial charge in [0.1, 0.15) is 5.75 Å². The molecule has 2 atom stereocenters. The molecular formula is C18H21NO3S. The third-order valence-corrected chi connectivity index (χ3v) is 5.27. The molecule has 122 valence electrons. The van der Waals surface area contributed by atoms with Crippen LogP contribution in [-0.2, 0) is 11.3 Å². The molecule has 3 rings (SSSR count). The molecule has 1 aromatic carbocycles. The van der Waals surface area contributed by atoms with Crippen LogP contribution in [0, 0.1) is 5.92 Å². The van der Waals surface area contributed by atoms with E-state index < -0.39 is 6.10 Å². The first-order valence-corrected chi connectivity index (χ1v) is 8.73. The SMILES string of the molecule is COc1ccc(-c2csc(CNC(=O)C3CCCC3O)c2)cc1. The number of hydrogen-bond acceptors (Lipinski definition) is 4. The van der Waals surface area contributed by atoms with Crippen LogP contribution in [-0.4, -0.2) is 24.2 Å². The second-order valence-corrected chi connectivity index (χ2v) is 6.85. The maximum atomic E-state index is 12.1. The quantitative estimate of drug-likeness (QED) is 0.884. The van der Waals surface area contributed by atoms with Gasteiger partial charge in [0.2, 0.25) is 5.91 Å². The maximum absolute atomic E-state index is 12.1. The molecule has 1 aromatic heterocycles. The van der Waals surface area contributed by atoms with Crippen LogP contribution in [0.2, 0.25) is 0 Å². The van der Waals surface area contributed by atoms with Gasteiger partial charge in [0.15, 0.2) is 0 Å². The summed E-state index contributed by atoms with van der Waals surface area (Å²) in [5.74, 6) is 0.567. The lowest BCUT2D eigenvalue weighted by molar-refractivity contribution is -0.127. The van der Waals surface area contributed by atoms with Crippen molar-refractivity contribution in [3.05, 3.63) is 40.6 Å². The molecule has 0 radical (unpaired) electrons. The monoisotopic (exact) mass is 331 g/mol. The minimum Gasteiger partial charge on any atom is -0.497 e. The summed E-state index contributed by atoms with van der Waals surface area (Å²) in [4.78, 5) is 13.2. The number of nitrogens with one attached hydrogen (secondary N) is 1. The lowest BCUT2D eigenvalue weighted by atomic mass is 10.1. The van der Waals surface area contributed by atoms with Crippen LogP contribution in [0.1, 0.15) is 24.1 Å². The van der Waals surface area contributed by atoms with Gasteiger partial charge in [-0.15, -0.1) is 11.3 Å². The highest BCUT2D eigenvalue weighted by molar-refractivity contribution is 7.10. The highest BCUT2D eigenvalue weighted by Crippen LogP contribution is 2.28.